The fraction of sp³-hybridized carbons (Fsp3) is 0.231. The van der Waals surface area contributed by atoms with Crippen molar-refractivity contribution in [2.75, 3.05) is 0 Å². The first-order chi connectivity index (χ1) is 9.63. The van der Waals surface area contributed by atoms with Gasteiger partial charge in [0.05, 0.1) is 22.9 Å². The molecule has 0 radical (unpaired) electrons. The lowest BCUT2D eigenvalue weighted by Crippen LogP contribution is -1.96. The zero-order valence-corrected chi connectivity index (χ0v) is 10.9. The fourth-order valence-electron chi connectivity index (χ4n) is 1.74. The van der Waals surface area contributed by atoms with Gasteiger partial charge in [-0.25, -0.2) is 0 Å². The van der Waals surface area contributed by atoms with Crippen molar-refractivity contribution >= 4 is 12.0 Å². The molecular weight excluding hydrogens is 262 g/mol. The number of carbonyl (C=O) groups is 1. The van der Waals surface area contributed by atoms with E-state index in [2.05, 4.69) is 5.10 Å². The number of hydrogen-bond acceptors (Lipinski definition) is 5. The van der Waals surface area contributed by atoms with E-state index in [9.17, 15) is 14.9 Å². The van der Waals surface area contributed by atoms with E-state index in [1.807, 2.05) is 6.92 Å². The smallest absolute Gasteiger partial charge is 0.280 e. The van der Waals surface area contributed by atoms with Crippen molar-refractivity contribution in [2.24, 2.45) is 0 Å². The molecule has 0 aliphatic heterocycles. The van der Waals surface area contributed by atoms with Gasteiger partial charge in [-0.2, -0.15) is 5.10 Å². The molecule has 0 aliphatic rings. The Morgan fingerprint density at radius 2 is 2.25 bits per heavy atom. The molecule has 1 aromatic carbocycles. The highest BCUT2D eigenvalue weighted by atomic mass is 16.6. The van der Waals surface area contributed by atoms with Gasteiger partial charge >= 0.3 is 0 Å². The SMILES string of the molecule is CCCn1cc(Oc2ccc([N+](=O)[O-])c(C=O)c2)cn1. The number of ether oxygens (including phenoxy) is 1. The van der Waals surface area contributed by atoms with Gasteiger partial charge in [0, 0.05) is 12.6 Å². The van der Waals surface area contributed by atoms with E-state index in [-0.39, 0.29) is 11.3 Å². The van der Waals surface area contributed by atoms with E-state index < -0.39 is 4.92 Å². The van der Waals surface area contributed by atoms with Crippen molar-refractivity contribution in [1.82, 2.24) is 9.78 Å². The van der Waals surface area contributed by atoms with Crippen molar-refractivity contribution in [3.05, 3.63) is 46.3 Å². The quantitative estimate of drug-likeness (QED) is 0.459. The molecule has 1 aromatic heterocycles. The lowest BCUT2D eigenvalue weighted by atomic mass is 10.2. The molecule has 0 aliphatic carbocycles. The maximum Gasteiger partial charge on any atom is 0.280 e. The molecule has 0 atom stereocenters. The third-order valence-corrected chi connectivity index (χ3v) is 2.62. The van der Waals surface area contributed by atoms with E-state index in [4.69, 9.17) is 4.74 Å². The number of aryl methyl sites for hydroxylation is 1. The minimum absolute atomic E-state index is 0.0200. The van der Waals surface area contributed by atoms with Gasteiger partial charge < -0.3 is 4.74 Å². The number of carbonyl (C=O) groups excluding carboxylic acids is 1. The van der Waals surface area contributed by atoms with Gasteiger partial charge in [0.25, 0.3) is 5.69 Å². The highest BCUT2D eigenvalue weighted by Gasteiger charge is 2.14. The van der Waals surface area contributed by atoms with Crippen LogP contribution in [0.5, 0.6) is 11.5 Å². The van der Waals surface area contributed by atoms with Gasteiger partial charge in [0.15, 0.2) is 12.0 Å². The normalized spacial score (nSPS) is 10.2. The standard InChI is InChI=1S/C13H13N3O4/c1-2-5-15-8-12(7-14-15)20-11-3-4-13(16(18)19)10(6-11)9-17/h3-4,6-9H,2,5H2,1H3. The van der Waals surface area contributed by atoms with Crippen LogP contribution in [0, 0.1) is 10.1 Å². The Morgan fingerprint density at radius 3 is 2.90 bits per heavy atom. The molecule has 0 unspecified atom stereocenters. The van der Waals surface area contributed by atoms with E-state index in [1.165, 1.54) is 18.2 Å². The fourth-order valence-corrected chi connectivity index (χ4v) is 1.74. The molecule has 0 bridgehead atoms. The number of aromatic nitrogens is 2. The molecule has 0 saturated heterocycles. The molecule has 0 N–H and O–H groups in total. The van der Waals surface area contributed by atoms with Crippen molar-refractivity contribution in [3.63, 3.8) is 0 Å². The van der Waals surface area contributed by atoms with Gasteiger partial charge in [-0.15, -0.1) is 0 Å². The zero-order valence-electron chi connectivity index (χ0n) is 10.9. The minimum atomic E-state index is -0.604. The number of aldehydes is 1. The largest absolute Gasteiger partial charge is 0.454 e. The van der Waals surface area contributed by atoms with Crippen LogP contribution < -0.4 is 4.74 Å². The van der Waals surface area contributed by atoms with Gasteiger partial charge in [0.2, 0.25) is 0 Å². The lowest BCUT2D eigenvalue weighted by molar-refractivity contribution is -0.385. The Labute approximate surface area is 114 Å². The Hall–Kier alpha value is -2.70. The average Bonchev–Trinajstić information content (AvgIpc) is 2.86. The summed E-state index contributed by atoms with van der Waals surface area (Å²) in [5.74, 6) is 0.873. The molecule has 7 heteroatoms. The van der Waals surface area contributed by atoms with Crippen LogP contribution >= 0.6 is 0 Å². The molecule has 2 aromatic rings. The number of hydrogen-bond donors (Lipinski definition) is 0. The first-order valence-electron chi connectivity index (χ1n) is 6.08. The van der Waals surface area contributed by atoms with Crippen molar-refractivity contribution in [3.8, 4) is 11.5 Å². The summed E-state index contributed by atoms with van der Waals surface area (Å²) in [7, 11) is 0. The molecule has 0 saturated carbocycles. The second kappa shape index (κ2) is 5.96. The van der Waals surface area contributed by atoms with E-state index in [0.717, 1.165) is 13.0 Å². The third kappa shape index (κ3) is 3.00. The number of benzene rings is 1. The molecule has 0 spiro atoms. The van der Waals surface area contributed by atoms with Gasteiger partial charge in [-0.3, -0.25) is 19.6 Å². The van der Waals surface area contributed by atoms with Crippen LogP contribution in [0.15, 0.2) is 30.6 Å². The molecule has 20 heavy (non-hydrogen) atoms. The van der Waals surface area contributed by atoms with E-state index in [1.54, 1.807) is 17.1 Å². The summed E-state index contributed by atoms with van der Waals surface area (Å²) in [5, 5.41) is 14.8. The first kappa shape index (κ1) is 13.7. The molecule has 104 valence electrons. The maximum atomic E-state index is 10.8. The van der Waals surface area contributed by atoms with Crippen LogP contribution in [0.4, 0.5) is 5.69 Å². The number of nitro groups is 1. The summed E-state index contributed by atoms with van der Waals surface area (Å²) in [6, 6.07) is 4.03. The van der Waals surface area contributed by atoms with Crippen LogP contribution in [-0.4, -0.2) is 21.0 Å². The van der Waals surface area contributed by atoms with Crippen molar-refractivity contribution in [1.29, 1.82) is 0 Å². The molecule has 2 rings (SSSR count). The van der Waals surface area contributed by atoms with Gasteiger partial charge in [-0.05, 0) is 18.6 Å². The van der Waals surface area contributed by atoms with Crippen molar-refractivity contribution < 1.29 is 14.5 Å². The second-order valence-corrected chi connectivity index (χ2v) is 4.14. The van der Waals surface area contributed by atoms with E-state index >= 15 is 0 Å². The Balaban J connectivity index is 2.20. The monoisotopic (exact) mass is 275 g/mol. The highest BCUT2D eigenvalue weighted by molar-refractivity contribution is 5.82. The summed E-state index contributed by atoms with van der Waals surface area (Å²) >= 11 is 0. The molecular formula is C13H13N3O4. The molecule has 1 heterocycles. The average molecular weight is 275 g/mol. The van der Waals surface area contributed by atoms with E-state index in [0.29, 0.717) is 17.8 Å². The first-order valence-corrected chi connectivity index (χ1v) is 6.08. The Morgan fingerprint density at radius 1 is 1.45 bits per heavy atom. The Bertz CT molecular complexity index is 636. The molecule has 0 fully saturated rings. The summed E-state index contributed by atoms with van der Waals surface area (Å²) in [4.78, 5) is 21.0. The number of rotatable bonds is 6. The summed E-state index contributed by atoms with van der Waals surface area (Å²) in [5.41, 5.74) is -0.262. The van der Waals surface area contributed by atoms with Gasteiger partial charge in [-0.1, -0.05) is 6.92 Å². The van der Waals surface area contributed by atoms with Crippen LogP contribution in [-0.2, 0) is 6.54 Å². The lowest BCUT2D eigenvalue weighted by Gasteiger charge is -2.03. The zero-order chi connectivity index (χ0) is 14.5. The third-order valence-electron chi connectivity index (χ3n) is 2.62. The summed E-state index contributed by atoms with van der Waals surface area (Å²) in [6.45, 7) is 2.82. The number of nitro benzene ring substituents is 1. The molecule has 0 amide bonds. The van der Waals surface area contributed by atoms with Crippen LogP contribution in [0.25, 0.3) is 0 Å². The topological polar surface area (TPSA) is 87.3 Å². The van der Waals surface area contributed by atoms with Gasteiger partial charge in [0.1, 0.15) is 5.75 Å². The maximum absolute atomic E-state index is 10.8. The molecule has 7 nitrogen and oxygen atoms in total. The second-order valence-electron chi connectivity index (χ2n) is 4.14. The highest BCUT2D eigenvalue weighted by Crippen LogP contribution is 2.26. The minimum Gasteiger partial charge on any atom is -0.454 e. The summed E-state index contributed by atoms with van der Waals surface area (Å²) < 4.78 is 7.26. The Kier molecular flexibility index (Phi) is 4.09. The predicted molar refractivity (Wildman–Crippen MR) is 71.1 cm³/mol. The van der Waals surface area contributed by atoms with Crippen LogP contribution in [0.1, 0.15) is 23.7 Å². The van der Waals surface area contributed by atoms with Crippen molar-refractivity contribution in [2.45, 2.75) is 19.9 Å². The number of nitrogens with zero attached hydrogens (tertiary/aromatic N) is 3. The van der Waals surface area contributed by atoms with Crippen LogP contribution in [0.2, 0.25) is 0 Å². The predicted octanol–water partition coefficient (Wildman–Crippen LogP) is 2.81. The summed E-state index contributed by atoms with van der Waals surface area (Å²) in [6.07, 6.45) is 4.67. The van der Waals surface area contributed by atoms with Crippen LogP contribution in [0.3, 0.4) is 0 Å².